The second-order valence-electron chi connectivity index (χ2n) is 8.35. The predicted octanol–water partition coefficient (Wildman–Crippen LogP) is 3.88. The number of likely N-dealkylation sites (tertiary alicyclic amines) is 1. The molecule has 1 unspecified atom stereocenters. The van der Waals surface area contributed by atoms with Gasteiger partial charge in [0.15, 0.2) is 5.96 Å². The zero-order chi connectivity index (χ0) is 22.1. The van der Waals surface area contributed by atoms with E-state index in [9.17, 15) is 0 Å². The van der Waals surface area contributed by atoms with Crippen LogP contribution in [0.3, 0.4) is 0 Å². The molecule has 7 heteroatoms. The highest BCUT2D eigenvalue weighted by Gasteiger charge is 2.24. The van der Waals surface area contributed by atoms with Gasteiger partial charge in [-0.2, -0.15) is 0 Å². The summed E-state index contributed by atoms with van der Waals surface area (Å²) in [5.74, 6) is 1.73. The van der Waals surface area contributed by atoms with Crippen molar-refractivity contribution in [3.05, 3.63) is 65.2 Å². The van der Waals surface area contributed by atoms with Gasteiger partial charge in [0.2, 0.25) is 0 Å². The number of nitrogens with one attached hydrogen (secondary N) is 2. The lowest BCUT2D eigenvalue weighted by Crippen LogP contribution is -2.42. The molecule has 0 saturated carbocycles. The van der Waals surface area contributed by atoms with E-state index in [0.29, 0.717) is 0 Å². The molecule has 0 radical (unpaired) electrons. The molecule has 0 aromatic heterocycles. The van der Waals surface area contributed by atoms with Gasteiger partial charge in [0.1, 0.15) is 5.75 Å². The Balaban J connectivity index is 0.00000363. The van der Waals surface area contributed by atoms with Crippen molar-refractivity contribution >= 4 is 29.9 Å². The fourth-order valence-electron chi connectivity index (χ4n) is 4.18. The number of nitrogens with zero attached hydrogens (tertiary/aromatic N) is 3. The third kappa shape index (κ3) is 7.64. The summed E-state index contributed by atoms with van der Waals surface area (Å²) in [6.45, 7) is 4.74. The second-order valence-corrected chi connectivity index (χ2v) is 8.35. The van der Waals surface area contributed by atoms with Crippen molar-refractivity contribution in [3.8, 4) is 5.75 Å². The van der Waals surface area contributed by atoms with Crippen molar-refractivity contribution in [2.75, 3.05) is 47.9 Å². The lowest BCUT2D eigenvalue weighted by atomic mass is 10.0. The molecule has 32 heavy (non-hydrogen) atoms. The molecule has 1 aliphatic rings. The third-order valence-electron chi connectivity index (χ3n) is 5.80. The summed E-state index contributed by atoms with van der Waals surface area (Å²) in [4.78, 5) is 9.21. The van der Waals surface area contributed by atoms with Crippen molar-refractivity contribution < 1.29 is 4.74 Å². The Hall–Kier alpha value is -1.84. The molecule has 0 spiro atoms. The largest absolute Gasteiger partial charge is 0.497 e. The molecule has 6 nitrogen and oxygen atoms in total. The summed E-state index contributed by atoms with van der Waals surface area (Å²) in [5.41, 5.74) is 3.91. The van der Waals surface area contributed by atoms with E-state index in [1.807, 2.05) is 13.1 Å². The maximum absolute atomic E-state index is 5.46. The molecule has 0 amide bonds. The lowest BCUT2D eigenvalue weighted by Gasteiger charge is -2.29. The van der Waals surface area contributed by atoms with Gasteiger partial charge < -0.3 is 20.3 Å². The average molecular weight is 552 g/mol. The van der Waals surface area contributed by atoms with Crippen molar-refractivity contribution in [2.24, 2.45) is 4.99 Å². The van der Waals surface area contributed by atoms with Crippen molar-refractivity contribution in [1.29, 1.82) is 0 Å². The molecule has 1 aliphatic heterocycles. The first-order valence-electron chi connectivity index (χ1n) is 11.1. The molecule has 1 heterocycles. The van der Waals surface area contributed by atoms with E-state index in [0.717, 1.165) is 44.4 Å². The van der Waals surface area contributed by atoms with Crippen molar-refractivity contribution in [1.82, 2.24) is 20.4 Å². The Morgan fingerprint density at radius 2 is 1.78 bits per heavy atom. The third-order valence-corrected chi connectivity index (χ3v) is 5.80. The molecule has 0 aliphatic carbocycles. The van der Waals surface area contributed by atoms with Crippen LogP contribution in [-0.4, -0.2) is 63.6 Å². The maximum Gasteiger partial charge on any atom is 0.191 e. The summed E-state index contributed by atoms with van der Waals surface area (Å²) in [7, 11) is 7.75. The Labute approximate surface area is 210 Å². The molecule has 3 rings (SSSR count). The lowest BCUT2D eigenvalue weighted by molar-refractivity contribution is 0.245. The van der Waals surface area contributed by atoms with Crippen LogP contribution in [0.4, 0.5) is 0 Å². The summed E-state index contributed by atoms with van der Waals surface area (Å²) >= 11 is 0. The van der Waals surface area contributed by atoms with E-state index >= 15 is 0 Å². The number of methoxy groups -OCH3 is 1. The fraction of sp³-hybridized carbons (Fsp3) is 0.480. The minimum Gasteiger partial charge on any atom is -0.497 e. The zero-order valence-electron chi connectivity index (χ0n) is 19.8. The number of hydrogen-bond donors (Lipinski definition) is 2. The monoisotopic (exact) mass is 551 g/mol. The van der Waals surface area contributed by atoms with Crippen molar-refractivity contribution in [2.45, 2.75) is 32.0 Å². The molecule has 1 fully saturated rings. The SMILES string of the molecule is CN=C(NCc1ccccc1CN(C)C)NCC(c1cccc(OC)c1)N1CCCC1.I. The number of rotatable bonds is 9. The minimum atomic E-state index is 0. The summed E-state index contributed by atoms with van der Waals surface area (Å²) in [6.07, 6.45) is 2.52. The summed E-state index contributed by atoms with van der Waals surface area (Å²) in [6, 6.07) is 17.3. The van der Waals surface area contributed by atoms with Gasteiger partial charge in [-0.3, -0.25) is 9.89 Å². The van der Waals surface area contributed by atoms with Gasteiger partial charge in [-0.1, -0.05) is 36.4 Å². The summed E-state index contributed by atoms with van der Waals surface area (Å²) < 4.78 is 5.46. The molecule has 2 aromatic carbocycles. The van der Waals surface area contributed by atoms with Gasteiger partial charge in [-0.05, 0) is 68.8 Å². The average Bonchev–Trinajstić information content (AvgIpc) is 3.31. The molecule has 176 valence electrons. The quantitative estimate of drug-likeness (QED) is 0.282. The van der Waals surface area contributed by atoms with Gasteiger partial charge in [0.05, 0.1) is 13.2 Å². The number of hydrogen-bond acceptors (Lipinski definition) is 4. The van der Waals surface area contributed by atoms with Gasteiger partial charge in [-0.25, -0.2) is 0 Å². The molecule has 1 atom stereocenters. The van der Waals surface area contributed by atoms with Crippen LogP contribution < -0.4 is 15.4 Å². The first kappa shape index (κ1) is 26.4. The van der Waals surface area contributed by atoms with Crippen LogP contribution in [0, 0.1) is 0 Å². The molecule has 2 aromatic rings. The number of aliphatic imine (C=N–C) groups is 1. The van der Waals surface area contributed by atoms with Crippen LogP contribution in [0.25, 0.3) is 0 Å². The minimum absolute atomic E-state index is 0. The zero-order valence-corrected chi connectivity index (χ0v) is 22.1. The Morgan fingerprint density at radius 3 is 2.44 bits per heavy atom. The molecule has 2 N–H and O–H groups in total. The summed E-state index contributed by atoms with van der Waals surface area (Å²) in [5, 5.41) is 7.06. The Morgan fingerprint density at radius 1 is 1.06 bits per heavy atom. The highest BCUT2D eigenvalue weighted by Crippen LogP contribution is 2.27. The predicted molar refractivity (Wildman–Crippen MR) is 144 cm³/mol. The second kappa shape index (κ2) is 13.6. The van der Waals surface area contributed by atoms with E-state index in [2.05, 4.69) is 82.0 Å². The smallest absolute Gasteiger partial charge is 0.191 e. The van der Waals surface area contributed by atoms with Gasteiger partial charge in [0, 0.05) is 26.7 Å². The van der Waals surface area contributed by atoms with E-state index in [4.69, 9.17) is 4.74 Å². The number of benzene rings is 2. The number of guanidine groups is 1. The van der Waals surface area contributed by atoms with E-state index in [1.54, 1.807) is 7.11 Å². The topological polar surface area (TPSA) is 52.1 Å². The standard InChI is InChI=1S/C25H37N5O.HI/c1-26-25(27-17-21-10-5-6-11-22(21)19-29(2)3)28-18-24(30-14-7-8-15-30)20-12-9-13-23(16-20)31-4;/h5-6,9-13,16,24H,7-8,14-15,17-19H2,1-4H3,(H2,26,27,28);1H. The first-order chi connectivity index (χ1) is 15.1. The molecule has 1 saturated heterocycles. The van der Waals surface area contributed by atoms with Gasteiger partial charge >= 0.3 is 0 Å². The number of ether oxygens (including phenoxy) is 1. The van der Waals surface area contributed by atoms with E-state index in [-0.39, 0.29) is 30.0 Å². The Bertz CT molecular complexity index is 852. The molecular weight excluding hydrogens is 513 g/mol. The van der Waals surface area contributed by atoms with Crippen LogP contribution in [0.5, 0.6) is 5.75 Å². The van der Waals surface area contributed by atoms with Gasteiger partial charge in [0.25, 0.3) is 0 Å². The van der Waals surface area contributed by atoms with Crippen LogP contribution in [0.15, 0.2) is 53.5 Å². The van der Waals surface area contributed by atoms with Crippen LogP contribution in [0.2, 0.25) is 0 Å². The van der Waals surface area contributed by atoms with Crippen LogP contribution in [-0.2, 0) is 13.1 Å². The highest BCUT2D eigenvalue weighted by molar-refractivity contribution is 14.0. The van der Waals surface area contributed by atoms with Gasteiger partial charge in [-0.15, -0.1) is 24.0 Å². The van der Waals surface area contributed by atoms with Crippen molar-refractivity contribution in [3.63, 3.8) is 0 Å². The Kier molecular flexibility index (Phi) is 11.3. The number of halogens is 1. The fourth-order valence-corrected chi connectivity index (χ4v) is 4.18. The van der Waals surface area contributed by atoms with E-state index < -0.39 is 0 Å². The first-order valence-corrected chi connectivity index (χ1v) is 11.1. The van der Waals surface area contributed by atoms with E-state index in [1.165, 1.54) is 29.5 Å². The molecular formula is C25H38IN5O. The van der Waals surface area contributed by atoms with Crippen LogP contribution >= 0.6 is 24.0 Å². The normalized spacial score (nSPS) is 15.3. The van der Waals surface area contributed by atoms with Crippen LogP contribution in [0.1, 0.15) is 35.6 Å². The highest BCUT2D eigenvalue weighted by atomic mass is 127. The molecule has 0 bridgehead atoms. The maximum atomic E-state index is 5.46.